The Bertz CT molecular complexity index is 1150. The van der Waals surface area contributed by atoms with Gasteiger partial charge in [0.2, 0.25) is 11.8 Å². The summed E-state index contributed by atoms with van der Waals surface area (Å²) in [7, 11) is 0. The predicted molar refractivity (Wildman–Crippen MR) is 139 cm³/mol. The van der Waals surface area contributed by atoms with Crippen LogP contribution in [0, 0.1) is 5.92 Å². The molecule has 37 heavy (non-hydrogen) atoms. The Morgan fingerprint density at radius 2 is 1.51 bits per heavy atom. The molecule has 0 saturated carbocycles. The first kappa shape index (κ1) is 29.2. The molecule has 196 valence electrons. The van der Waals surface area contributed by atoms with Crippen molar-refractivity contribution in [1.29, 1.82) is 0 Å². The van der Waals surface area contributed by atoms with Crippen LogP contribution in [0.5, 0.6) is 0 Å². The Kier molecular flexibility index (Phi) is 10.9. The molecule has 0 bridgehead atoms. The molecule has 2 amide bonds. The minimum Gasteiger partial charge on any atom is -0.510 e. The molecular formula is C28H32N2O7. The standard InChI is InChI=1S/C28H32N2O7/c1-19(2)11-7-3-4-8-12-25(35)29-20-18-28(37,24(34)17-23(20)33)16-10-6-5-9-13-26(36)30-27-21(31)14-15-22(27)32/h3-13,16,18-19,24,31,34,37H,14-15,17H2,1-2H3,(H,29,35)(H,30,36)/b4-3+,6-5+,11-7+,12-8+,13-9+,16-10+/t24-,28+/m1/s1. The lowest BCUT2D eigenvalue weighted by Crippen LogP contribution is -2.46. The van der Waals surface area contributed by atoms with E-state index >= 15 is 0 Å². The highest BCUT2D eigenvalue weighted by atomic mass is 16.3. The normalized spacial score (nSPS) is 23.3. The zero-order chi connectivity index (χ0) is 27.4. The van der Waals surface area contributed by atoms with Gasteiger partial charge in [0.05, 0.1) is 11.8 Å². The summed E-state index contributed by atoms with van der Waals surface area (Å²) in [6.07, 6.45) is 17.8. The van der Waals surface area contributed by atoms with Crippen LogP contribution in [-0.4, -0.2) is 50.4 Å². The Balaban J connectivity index is 1.96. The molecule has 0 heterocycles. The van der Waals surface area contributed by atoms with E-state index in [0.29, 0.717) is 5.92 Å². The maximum atomic E-state index is 12.2. The van der Waals surface area contributed by atoms with Crippen LogP contribution in [0.3, 0.4) is 0 Å². The third-order valence-corrected chi connectivity index (χ3v) is 5.27. The topological polar surface area (TPSA) is 153 Å². The molecule has 0 aromatic heterocycles. The molecule has 0 spiro atoms. The minimum absolute atomic E-state index is 0.0954. The van der Waals surface area contributed by atoms with E-state index in [0.717, 1.165) is 12.2 Å². The number of hydrogen-bond acceptors (Lipinski definition) is 7. The van der Waals surface area contributed by atoms with Crippen LogP contribution in [-0.2, 0) is 19.2 Å². The van der Waals surface area contributed by atoms with Crippen molar-refractivity contribution in [3.8, 4) is 0 Å². The van der Waals surface area contributed by atoms with Crippen LogP contribution in [0.2, 0.25) is 0 Å². The van der Waals surface area contributed by atoms with Crippen LogP contribution in [0.25, 0.3) is 0 Å². The number of amides is 2. The molecule has 2 aliphatic carbocycles. The second kappa shape index (κ2) is 13.9. The quantitative estimate of drug-likeness (QED) is 0.224. The molecule has 0 fully saturated rings. The van der Waals surface area contributed by atoms with Gasteiger partial charge in [-0.15, -0.1) is 0 Å². The first-order chi connectivity index (χ1) is 17.5. The van der Waals surface area contributed by atoms with Gasteiger partial charge in [0.1, 0.15) is 17.1 Å². The third kappa shape index (κ3) is 9.47. The molecule has 0 aliphatic heterocycles. The van der Waals surface area contributed by atoms with Gasteiger partial charge in [0, 0.05) is 31.4 Å². The Morgan fingerprint density at radius 1 is 0.919 bits per heavy atom. The third-order valence-electron chi connectivity index (χ3n) is 5.27. The van der Waals surface area contributed by atoms with Crippen molar-refractivity contribution >= 4 is 23.4 Å². The van der Waals surface area contributed by atoms with E-state index in [1.54, 1.807) is 12.2 Å². The summed E-state index contributed by atoms with van der Waals surface area (Å²) >= 11 is 0. The van der Waals surface area contributed by atoms with Crippen LogP contribution in [0.1, 0.15) is 33.1 Å². The number of carbonyl (C=O) groups excluding carboxylic acids is 4. The van der Waals surface area contributed by atoms with Gasteiger partial charge in [-0.3, -0.25) is 19.2 Å². The molecule has 0 unspecified atom stereocenters. The van der Waals surface area contributed by atoms with E-state index in [4.69, 9.17) is 0 Å². The second-order valence-corrected chi connectivity index (χ2v) is 8.79. The van der Waals surface area contributed by atoms with Crippen LogP contribution < -0.4 is 10.6 Å². The number of rotatable bonds is 10. The minimum atomic E-state index is -1.90. The molecule has 2 rings (SSSR count). The van der Waals surface area contributed by atoms with Crippen molar-refractivity contribution < 1.29 is 34.5 Å². The molecule has 0 aromatic rings. The number of carbonyl (C=O) groups is 4. The molecule has 9 nitrogen and oxygen atoms in total. The van der Waals surface area contributed by atoms with E-state index in [-0.39, 0.29) is 42.2 Å². The highest BCUT2D eigenvalue weighted by Gasteiger charge is 2.38. The average molecular weight is 509 g/mol. The van der Waals surface area contributed by atoms with Gasteiger partial charge in [0.25, 0.3) is 0 Å². The number of allylic oxidation sites excluding steroid dienone is 12. The van der Waals surface area contributed by atoms with Gasteiger partial charge < -0.3 is 26.0 Å². The van der Waals surface area contributed by atoms with Crippen LogP contribution in [0.15, 0.2) is 96.1 Å². The molecule has 0 aromatic carbocycles. The summed E-state index contributed by atoms with van der Waals surface area (Å²) in [5.41, 5.74) is -2.13. The number of nitrogens with one attached hydrogen (secondary N) is 2. The van der Waals surface area contributed by atoms with E-state index in [9.17, 15) is 34.5 Å². The summed E-state index contributed by atoms with van der Waals surface area (Å²) in [4.78, 5) is 47.8. The van der Waals surface area contributed by atoms with Gasteiger partial charge in [-0.05, 0) is 18.1 Å². The molecule has 2 atom stereocenters. The molecular weight excluding hydrogens is 476 g/mol. The Morgan fingerprint density at radius 3 is 2.11 bits per heavy atom. The highest BCUT2D eigenvalue weighted by molar-refractivity contribution is 6.03. The van der Waals surface area contributed by atoms with E-state index < -0.39 is 29.3 Å². The largest absolute Gasteiger partial charge is 0.510 e. The molecule has 0 radical (unpaired) electrons. The SMILES string of the molecule is CC(C)/C=C/C=C/C=C/C(=O)NC1=C[C@@](O)(/C=C/C=C/C=C/C(=O)NC2=C(O)CCC2=O)[C@H](O)CC1=O. The highest BCUT2D eigenvalue weighted by Crippen LogP contribution is 2.25. The summed E-state index contributed by atoms with van der Waals surface area (Å²) in [6.45, 7) is 4.08. The fraction of sp³-hybridized carbons (Fsp3) is 0.286. The van der Waals surface area contributed by atoms with Gasteiger partial charge in [-0.1, -0.05) is 68.5 Å². The van der Waals surface area contributed by atoms with Crippen molar-refractivity contribution in [3.05, 3.63) is 96.1 Å². The van der Waals surface area contributed by atoms with E-state index in [1.807, 2.05) is 26.0 Å². The van der Waals surface area contributed by atoms with Gasteiger partial charge in [0.15, 0.2) is 11.6 Å². The molecule has 0 saturated heterocycles. The fourth-order valence-electron chi connectivity index (χ4n) is 3.28. The van der Waals surface area contributed by atoms with Crippen molar-refractivity contribution in [2.45, 2.75) is 44.8 Å². The van der Waals surface area contributed by atoms with Crippen molar-refractivity contribution in [3.63, 3.8) is 0 Å². The lowest BCUT2D eigenvalue weighted by Gasteiger charge is -2.31. The van der Waals surface area contributed by atoms with Crippen molar-refractivity contribution in [2.24, 2.45) is 5.92 Å². The molecule has 2 aliphatic rings. The van der Waals surface area contributed by atoms with E-state index in [1.165, 1.54) is 42.5 Å². The summed E-state index contributed by atoms with van der Waals surface area (Å²) in [5.74, 6) is -1.74. The summed E-state index contributed by atoms with van der Waals surface area (Å²) in [6, 6.07) is 0. The van der Waals surface area contributed by atoms with Crippen LogP contribution in [0.4, 0.5) is 0 Å². The van der Waals surface area contributed by atoms with Gasteiger partial charge in [-0.25, -0.2) is 0 Å². The Hall–Kier alpha value is -4.08. The van der Waals surface area contributed by atoms with E-state index in [2.05, 4.69) is 10.6 Å². The monoisotopic (exact) mass is 508 g/mol. The maximum Gasteiger partial charge on any atom is 0.248 e. The summed E-state index contributed by atoms with van der Waals surface area (Å²) < 4.78 is 0. The van der Waals surface area contributed by atoms with Crippen molar-refractivity contribution in [2.75, 3.05) is 0 Å². The number of aliphatic hydroxyl groups excluding tert-OH is 2. The molecule has 9 heteroatoms. The fourth-order valence-corrected chi connectivity index (χ4v) is 3.28. The lowest BCUT2D eigenvalue weighted by molar-refractivity contribution is -0.124. The predicted octanol–water partition coefficient (Wildman–Crippen LogP) is 2.29. The first-order valence-electron chi connectivity index (χ1n) is 11.8. The smallest absolute Gasteiger partial charge is 0.248 e. The number of aliphatic hydroxyl groups is 3. The molecule has 5 N–H and O–H groups in total. The number of ketones is 2. The summed E-state index contributed by atoms with van der Waals surface area (Å²) in [5, 5.41) is 35.3. The Labute approximate surface area is 215 Å². The number of Topliss-reactive ketones (excluding diaryl/α,β-unsaturated/α-hetero) is 2. The first-order valence-corrected chi connectivity index (χ1v) is 11.8. The average Bonchev–Trinajstić information content (AvgIpc) is 3.14. The number of hydrogen-bond donors (Lipinski definition) is 5. The second-order valence-electron chi connectivity index (χ2n) is 8.79. The van der Waals surface area contributed by atoms with Gasteiger partial charge in [-0.2, -0.15) is 0 Å². The zero-order valence-corrected chi connectivity index (χ0v) is 20.8. The van der Waals surface area contributed by atoms with Crippen molar-refractivity contribution in [1.82, 2.24) is 10.6 Å². The zero-order valence-electron chi connectivity index (χ0n) is 20.8. The lowest BCUT2D eigenvalue weighted by atomic mass is 9.85. The van der Waals surface area contributed by atoms with Gasteiger partial charge >= 0.3 is 0 Å². The maximum absolute atomic E-state index is 12.2. The van der Waals surface area contributed by atoms with Crippen LogP contribution >= 0.6 is 0 Å².